The summed E-state index contributed by atoms with van der Waals surface area (Å²) in [4.78, 5) is 5.10. The fourth-order valence-corrected chi connectivity index (χ4v) is 4.59. The van der Waals surface area contributed by atoms with Crippen LogP contribution in [0.2, 0.25) is 5.02 Å². The van der Waals surface area contributed by atoms with Gasteiger partial charge in [0.25, 0.3) is 0 Å². The van der Waals surface area contributed by atoms with Gasteiger partial charge >= 0.3 is 0 Å². The van der Waals surface area contributed by atoms with Gasteiger partial charge in [-0.05, 0) is 42.2 Å². The number of rotatable bonds is 2. The Morgan fingerprint density at radius 1 is 0.846 bits per heavy atom. The molecule has 4 aromatic rings. The minimum atomic E-state index is -0.230. The topological polar surface area (TPSA) is 17.8 Å². The Bertz CT molecular complexity index is 1030. The molecule has 0 spiro atoms. The lowest BCUT2D eigenvalue weighted by atomic mass is 9.69. The maximum Gasteiger partial charge on any atom is 0.125 e. The summed E-state index contributed by atoms with van der Waals surface area (Å²) in [5.74, 6) is 1.12. The summed E-state index contributed by atoms with van der Waals surface area (Å²) in [5.41, 5.74) is 4.51. The second kappa shape index (κ2) is 6.00. The van der Waals surface area contributed by atoms with Crippen molar-refractivity contribution in [2.45, 2.75) is 24.8 Å². The molecule has 3 aromatic carbocycles. The molecule has 0 saturated heterocycles. The first-order chi connectivity index (χ1) is 12.8. The molecule has 0 radical (unpaired) electrons. The van der Waals surface area contributed by atoms with Crippen LogP contribution >= 0.6 is 11.6 Å². The minimum absolute atomic E-state index is 0.230. The van der Waals surface area contributed by atoms with E-state index >= 15 is 0 Å². The number of aromatic nitrogens is 2. The van der Waals surface area contributed by atoms with Gasteiger partial charge in [0.05, 0.1) is 16.4 Å². The van der Waals surface area contributed by atoms with Gasteiger partial charge < -0.3 is 4.57 Å². The fourth-order valence-electron chi connectivity index (χ4n) is 4.43. The van der Waals surface area contributed by atoms with E-state index in [2.05, 4.69) is 71.3 Å². The van der Waals surface area contributed by atoms with Gasteiger partial charge in [0.15, 0.2) is 0 Å². The molecular formula is C23H19ClN2. The zero-order chi connectivity index (χ0) is 17.6. The Hall–Kier alpha value is -2.58. The number of fused-ring (bicyclic) bond motifs is 3. The van der Waals surface area contributed by atoms with E-state index in [4.69, 9.17) is 16.6 Å². The summed E-state index contributed by atoms with van der Waals surface area (Å²) in [6.07, 6.45) is 2.17. The molecule has 0 fully saturated rings. The SMILES string of the molecule is Clc1ccc2c(c1)nc1n2CCCC1(c1ccccc1)c1ccccc1. The molecule has 1 aromatic heterocycles. The van der Waals surface area contributed by atoms with Crippen LogP contribution in [-0.2, 0) is 12.0 Å². The third-order valence-electron chi connectivity index (χ3n) is 5.56. The molecule has 0 bridgehead atoms. The van der Waals surface area contributed by atoms with Crippen molar-refractivity contribution in [3.8, 4) is 0 Å². The lowest BCUT2D eigenvalue weighted by Gasteiger charge is -2.38. The van der Waals surface area contributed by atoms with E-state index in [-0.39, 0.29) is 5.41 Å². The van der Waals surface area contributed by atoms with E-state index in [0.717, 1.165) is 35.8 Å². The zero-order valence-electron chi connectivity index (χ0n) is 14.4. The van der Waals surface area contributed by atoms with Crippen LogP contribution in [0.15, 0.2) is 78.9 Å². The number of aryl methyl sites for hydroxylation is 1. The van der Waals surface area contributed by atoms with Gasteiger partial charge in [-0.1, -0.05) is 72.3 Å². The van der Waals surface area contributed by atoms with E-state index in [1.807, 2.05) is 12.1 Å². The molecule has 26 heavy (non-hydrogen) atoms. The van der Waals surface area contributed by atoms with Gasteiger partial charge in [0.2, 0.25) is 0 Å². The summed E-state index contributed by atoms with van der Waals surface area (Å²) in [7, 11) is 0. The third kappa shape index (κ3) is 2.22. The van der Waals surface area contributed by atoms with Crippen molar-refractivity contribution in [1.82, 2.24) is 9.55 Å². The molecule has 2 nitrogen and oxygen atoms in total. The van der Waals surface area contributed by atoms with Gasteiger partial charge in [0.1, 0.15) is 5.82 Å². The largest absolute Gasteiger partial charge is 0.327 e. The van der Waals surface area contributed by atoms with E-state index in [1.54, 1.807) is 0 Å². The normalized spacial score (nSPS) is 15.7. The minimum Gasteiger partial charge on any atom is -0.327 e. The summed E-state index contributed by atoms with van der Waals surface area (Å²) < 4.78 is 2.38. The average molecular weight is 359 g/mol. The number of hydrogen-bond donors (Lipinski definition) is 0. The van der Waals surface area contributed by atoms with Crippen LogP contribution in [0.1, 0.15) is 29.8 Å². The Morgan fingerprint density at radius 2 is 1.50 bits per heavy atom. The Labute approximate surface area is 158 Å². The number of hydrogen-bond acceptors (Lipinski definition) is 1. The average Bonchev–Trinajstić information content (AvgIpc) is 3.07. The summed E-state index contributed by atoms with van der Waals surface area (Å²) in [5, 5.41) is 0.734. The molecule has 0 unspecified atom stereocenters. The van der Waals surface area contributed by atoms with Gasteiger partial charge in [0, 0.05) is 11.6 Å². The van der Waals surface area contributed by atoms with Crippen molar-refractivity contribution < 1.29 is 0 Å². The van der Waals surface area contributed by atoms with Crippen molar-refractivity contribution in [3.05, 3.63) is 101 Å². The third-order valence-corrected chi connectivity index (χ3v) is 5.79. The molecule has 5 rings (SSSR count). The molecular weight excluding hydrogens is 340 g/mol. The first kappa shape index (κ1) is 15.7. The highest BCUT2D eigenvalue weighted by Gasteiger charge is 2.42. The number of halogens is 1. The van der Waals surface area contributed by atoms with Crippen molar-refractivity contribution in [1.29, 1.82) is 0 Å². The highest BCUT2D eigenvalue weighted by atomic mass is 35.5. The molecule has 0 saturated carbocycles. The van der Waals surface area contributed by atoms with Gasteiger partial charge in [-0.15, -0.1) is 0 Å². The summed E-state index contributed by atoms with van der Waals surface area (Å²) in [6, 6.07) is 27.6. The van der Waals surface area contributed by atoms with Crippen molar-refractivity contribution in [3.63, 3.8) is 0 Å². The lowest BCUT2D eigenvalue weighted by molar-refractivity contribution is 0.406. The quantitative estimate of drug-likeness (QED) is 0.441. The van der Waals surface area contributed by atoms with E-state index < -0.39 is 0 Å². The smallest absolute Gasteiger partial charge is 0.125 e. The molecule has 1 aliphatic rings. The monoisotopic (exact) mass is 358 g/mol. The second-order valence-corrected chi connectivity index (χ2v) is 7.40. The van der Waals surface area contributed by atoms with Gasteiger partial charge in [-0.3, -0.25) is 0 Å². The van der Waals surface area contributed by atoms with E-state index in [0.29, 0.717) is 0 Å². The number of benzene rings is 3. The summed E-state index contributed by atoms with van der Waals surface area (Å²) in [6.45, 7) is 0.995. The molecule has 1 aliphatic heterocycles. The van der Waals surface area contributed by atoms with Crippen LogP contribution in [0.4, 0.5) is 0 Å². The second-order valence-electron chi connectivity index (χ2n) is 6.96. The summed E-state index contributed by atoms with van der Waals surface area (Å²) >= 11 is 6.24. The highest BCUT2D eigenvalue weighted by Crippen LogP contribution is 2.46. The van der Waals surface area contributed by atoms with E-state index in [9.17, 15) is 0 Å². The maximum atomic E-state index is 6.24. The molecule has 3 heteroatoms. The van der Waals surface area contributed by atoms with Gasteiger partial charge in [-0.2, -0.15) is 0 Å². The molecule has 128 valence electrons. The molecule has 2 heterocycles. The fraction of sp³-hybridized carbons (Fsp3) is 0.174. The zero-order valence-corrected chi connectivity index (χ0v) is 15.2. The van der Waals surface area contributed by atoms with Crippen molar-refractivity contribution >= 4 is 22.6 Å². The van der Waals surface area contributed by atoms with Crippen LogP contribution < -0.4 is 0 Å². The van der Waals surface area contributed by atoms with Crippen LogP contribution in [-0.4, -0.2) is 9.55 Å². The van der Waals surface area contributed by atoms with Gasteiger partial charge in [-0.25, -0.2) is 4.98 Å². The predicted octanol–water partition coefficient (Wildman–Crippen LogP) is 5.82. The van der Waals surface area contributed by atoms with Crippen LogP contribution in [0.5, 0.6) is 0 Å². The highest BCUT2D eigenvalue weighted by molar-refractivity contribution is 6.31. The van der Waals surface area contributed by atoms with Crippen LogP contribution in [0.3, 0.4) is 0 Å². The Balaban J connectivity index is 1.87. The van der Waals surface area contributed by atoms with Crippen molar-refractivity contribution in [2.75, 3.05) is 0 Å². The molecule has 0 aliphatic carbocycles. The first-order valence-corrected chi connectivity index (χ1v) is 9.44. The van der Waals surface area contributed by atoms with Crippen LogP contribution in [0.25, 0.3) is 11.0 Å². The standard InChI is InChI=1S/C23H19ClN2/c24-19-12-13-21-20(16-19)25-22-23(14-7-15-26(21)22,17-8-3-1-4-9-17)18-10-5-2-6-11-18/h1-6,8-13,16H,7,14-15H2. The molecule has 0 N–H and O–H groups in total. The Kier molecular flexibility index (Phi) is 3.61. The van der Waals surface area contributed by atoms with E-state index in [1.165, 1.54) is 16.6 Å². The lowest BCUT2D eigenvalue weighted by Crippen LogP contribution is -2.36. The predicted molar refractivity (Wildman–Crippen MR) is 107 cm³/mol. The first-order valence-electron chi connectivity index (χ1n) is 9.06. The molecule has 0 amide bonds. The maximum absolute atomic E-state index is 6.24. The molecule has 0 atom stereocenters. The number of nitrogens with zero attached hydrogens (tertiary/aromatic N) is 2. The Morgan fingerprint density at radius 3 is 2.15 bits per heavy atom. The number of imidazole rings is 1. The van der Waals surface area contributed by atoms with Crippen molar-refractivity contribution in [2.24, 2.45) is 0 Å². The van der Waals surface area contributed by atoms with Crippen LogP contribution in [0, 0.1) is 0 Å².